The van der Waals surface area contributed by atoms with Crippen LogP contribution in [0.2, 0.25) is 0 Å². The fourth-order valence-electron chi connectivity index (χ4n) is 1.80. The maximum Gasteiger partial charge on any atom is 0.0315 e. The largest absolute Gasteiger partial charge is 0.310 e. The summed E-state index contributed by atoms with van der Waals surface area (Å²) in [4.78, 5) is 4.13. The van der Waals surface area contributed by atoms with Gasteiger partial charge in [0.15, 0.2) is 0 Å². The van der Waals surface area contributed by atoms with Gasteiger partial charge in [-0.2, -0.15) is 0 Å². The van der Waals surface area contributed by atoms with Crippen LogP contribution < -0.4 is 5.32 Å². The summed E-state index contributed by atoms with van der Waals surface area (Å²) in [6.45, 7) is 5.56. The highest BCUT2D eigenvalue weighted by Crippen LogP contribution is 2.10. The van der Waals surface area contributed by atoms with Gasteiger partial charge in [0.1, 0.15) is 0 Å². The summed E-state index contributed by atoms with van der Waals surface area (Å²) in [7, 11) is 0. The van der Waals surface area contributed by atoms with Crippen LogP contribution in [0.3, 0.4) is 0 Å². The Balaban J connectivity index is 2.09. The third-order valence-electron chi connectivity index (χ3n) is 2.92. The lowest BCUT2D eigenvalue weighted by molar-refractivity contribution is 0.530. The number of nitrogens with one attached hydrogen (secondary N) is 1. The Labute approximate surface area is 99.5 Å². The van der Waals surface area contributed by atoms with Gasteiger partial charge in [-0.15, -0.1) is 0 Å². The van der Waals surface area contributed by atoms with Gasteiger partial charge in [0.05, 0.1) is 0 Å². The van der Waals surface area contributed by atoms with E-state index < -0.39 is 0 Å². The van der Waals surface area contributed by atoms with E-state index in [2.05, 4.69) is 30.2 Å². The van der Waals surface area contributed by atoms with E-state index in [1.165, 1.54) is 37.7 Å². The van der Waals surface area contributed by atoms with Crippen molar-refractivity contribution >= 4 is 0 Å². The maximum atomic E-state index is 4.13. The first kappa shape index (κ1) is 13.2. The number of hydrogen-bond donors (Lipinski definition) is 1. The van der Waals surface area contributed by atoms with Crippen molar-refractivity contribution < 1.29 is 0 Å². The fourth-order valence-corrected chi connectivity index (χ4v) is 1.80. The molecule has 0 aliphatic rings. The molecule has 1 aromatic heterocycles. The van der Waals surface area contributed by atoms with E-state index >= 15 is 0 Å². The molecule has 1 aromatic rings. The van der Waals surface area contributed by atoms with E-state index in [0.717, 1.165) is 6.54 Å². The molecule has 0 aliphatic carbocycles. The Morgan fingerprint density at radius 3 is 2.75 bits per heavy atom. The minimum atomic E-state index is 0.417. The number of hydrogen-bond acceptors (Lipinski definition) is 2. The van der Waals surface area contributed by atoms with Crippen LogP contribution in [0.4, 0.5) is 0 Å². The van der Waals surface area contributed by atoms with Crippen LogP contribution in [0.5, 0.6) is 0 Å². The van der Waals surface area contributed by atoms with Crippen LogP contribution in [0, 0.1) is 0 Å². The van der Waals surface area contributed by atoms with Crippen molar-refractivity contribution in [2.75, 3.05) is 6.54 Å². The van der Waals surface area contributed by atoms with Gasteiger partial charge in [0.25, 0.3) is 0 Å². The third kappa shape index (κ3) is 5.26. The van der Waals surface area contributed by atoms with E-state index in [1.807, 2.05) is 18.5 Å². The van der Waals surface area contributed by atoms with Gasteiger partial charge in [-0.05, 0) is 31.5 Å². The molecule has 0 bridgehead atoms. The first-order valence-corrected chi connectivity index (χ1v) is 6.48. The topological polar surface area (TPSA) is 24.9 Å². The van der Waals surface area contributed by atoms with Crippen molar-refractivity contribution in [2.24, 2.45) is 0 Å². The van der Waals surface area contributed by atoms with E-state index in [1.54, 1.807) is 0 Å². The molecule has 90 valence electrons. The summed E-state index contributed by atoms with van der Waals surface area (Å²) in [5.74, 6) is 0. The van der Waals surface area contributed by atoms with Crippen LogP contribution >= 0.6 is 0 Å². The van der Waals surface area contributed by atoms with Gasteiger partial charge >= 0.3 is 0 Å². The first-order chi connectivity index (χ1) is 7.84. The molecule has 0 saturated carbocycles. The third-order valence-corrected chi connectivity index (χ3v) is 2.92. The van der Waals surface area contributed by atoms with Crippen LogP contribution in [0.15, 0.2) is 24.5 Å². The van der Waals surface area contributed by atoms with E-state index in [4.69, 9.17) is 0 Å². The Morgan fingerprint density at radius 1 is 1.25 bits per heavy atom. The molecule has 2 heteroatoms. The predicted molar refractivity (Wildman–Crippen MR) is 69.4 cm³/mol. The zero-order valence-electron chi connectivity index (χ0n) is 10.6. The van der Waals surface area contributed by atoms with Crippen molar-refractivity contribution in [3.63, 3.8) is 0 Å². The minimum absolute atomic E-state index is 0.417. The molecule has 2 nitrogen and oxygen atoms in total. The molecule has 1 N–H and O–H groups in total. The molecule has 0 radical (unpaired) electrons. The summed E-state index contributed by atoms with van der Waals surface area (Å²) < 4.78 is 0. The van der Waals surface area contributed by atoms with Crippen LogP contribution in [-0.4, -0.2) is 11.5 Å². The molecule has 1 rings (SSSR count). The molecule has 1 atom stereocenters. The molecular formula is C14H24N2. The second-order valence-electron chi connectivity index (χ2n) is 4.38. The molecule has 0 amide bonds. The van der Waals surface area contributed by atoms with Gasteiger partial charge in [-0.1, -0.05) is 38.7 Å². The maximum absolute atomic E-state index is 4.13. The van der Waals surface area contributed by atoms with E-state index in [0.29, 0.717) is 6.04 Å². The van der Waals surface area contributed by atoms with E-state index in [-0.39, 0.29) is 0 Å². The zero-order chi connectivity index (χ0) is 11.6. The molecule has 0 aromatic carbocycles. The SMILES string of the molecule is CCCCCCCNC(C)c1cccnc1. The van der Waals surface area contributed by atoms with Gasteiger partial charge < -0.3 is 5.32 Å². The first-order valence-electron chi connectivity index (χ1n) is 6.48. The summed E-state index contributed by atoms with van der Waals surface area (Å²) in [6, 6.07) is 4.54. The Hall–Kier alpha value is -0.890. The van der Waals surface area contributed by atoms with E-state index in [9.17, 15) is 0 Å². The summed E-state index contributed by atoms with van der Waals surface area (Å²) in [5, 5.41) is 3.54. The summed E-state index contributed by atoms with van der Waals surface area (Å²) in [6.07, 6.45) is 10.5. The molecule has 0 spiro atoms. The molecule has 1 heterocycles. The highest BCUT2D eigenvalue weighted by molar-refractivity contribution is 5.12. The van der Waals surface area contributed by atoms with Crippen molar-refractivity contribution in [2.45, 2.75) is 52.0 Å². The van der Waals surface area contributed by atoms with Gasteiger partial charge in [-0.3, -0.25) is 4.98 Å². The normalized spacial score (nSPS) is 12.6. The monoisotopic (exact) mass is 220 g/mol. The summed E-state index contributed by atoms with van der Waals surface area (Å²) >= 11 is 0. The molecular weight excluding hydrogens is 196 g/mol. The van der Waals surface area contributed by atoms with Crippen LogP contribution in [0.1, 0.15) is 57.6 Å². The Kier molecular flexibility index (Phi) is 6.82. The quantitative estimate of drug-likeness (QED) is 0.676. The summed E-state index contributed by atoms with van der Waals surface area (Å²) in [5.41, 5.74) is 1.27. The molecule has 16 heavy (non-hydrogen) atoms. The number of pyridine rings is 1. The zero-order valence-corrected chi connectivity index (χ0v) is 10.6. The van der Waals surface area contributed by atoms with Crippen molar-refractivity contribution in [1.29, 1.82) is 0 Å². The highest BCUT2D eigenvalue weighted by Gasteiger charge is 2.02. The lowest BCUT2D eigenvalue weighted by Crippen LogP contribution is -2.19. The smallest absolute Gasteiger partial charge is 0.0315 e. The molecule has 0 saturated heterocycles. The lowest BCUT2D eigenvalue weighted by atomic mass is 10.1. The Bertz CT molecular complexity index is 259. The number of unbranched alkanes of at least 4 members (excludes halogenated alkanes) is 4. The number of aromatic nitrogens is 1. The lowest BCUT2D eigenvalue weighted by Gasteiger charge is -2.13. The Morgan fingerprint density at radius 2 is 2.06 bits per heavy atom. The minimum Gasteiger partial charge on any atom is -0.310 e. The average Bonchev–Trinajstić information content (AvgIpc) is 2.34. The van der Waals surface area contributed by atoms with Crippen LogP contribution in [0.25, 0.3) is 0 Å². The standard InChI is InChI=1S/C14H24N2/c1-3-4-5-6-7-11-16-13(2)14-9-8-10-15-12-14/h8-10,12-13,16H,3-7,11H2,1-2H3. The van der Waals surface area contributed by atoms with Crippen LogP contribution in [-0.2, 0) is 0 Å². The highest BCUT2D eigenvalue weighted by atomic mass is 14.9. The average molecular weight is 220 g/mol. The van der Waals surface area contributed by atoms with Crippen molar-refractivity contribution in [3.05, 3.63) is 30.1 Å². The predicted octanol–water partition coefficient (Wildman–Crippen LogP) is 3.70. The van der Waals surface area contributed by atoms with Crippen molar-refractivity contribution in [3.8, 4) is 0 Å². The van der Waals surface area contributed by atoms with Crippen molar-refractivity contribution in [1.82, 2.24) is 10.3 Å². The number of rotatable bonds is 8. The second-order valence-corrected chi connectivity index (χ2v) is 4.38. The molecule has 0 fully saturated rings. The fraction of sp³-hybridized carbons (Fsp3) is 0.643. The second kappa shape index (κ2) is 8.28. The van der Waals surface area contributed by atoms with Gasteiger partial charge in [0, 0.05) is 18.4 Å². The molecule has 0 aliphatic heterocycles. The van der Waals surface area contributed by atoms with Gasteiger partial charge in [0.2, 0.25) is 0 Å². The number of nitrogens with zero attached hydrogens (tertiary/aromatic N) is 1. The molecule has 1 unspecified atom stereocenters. The van der Waals surface area contributed by atoms with Gasteiger partial charge in [-0.25, -0.2) is 0 Å².